The molecule has 3 aromatic carbocycles. The number of nitrogens with zero attached hydrogens (tertiary/aromatic N) is 1. The number of rotatable bonds is 4. The number of anilines is 2. The molecule has 0 saturated carbocycles. The van der Waals surface area contributed by atoms with Gasteiger partial charge in [-0.3, -0.25) is 14.9 Å². The van der Waals surface area contributed by atoms with E-state index in [4.69, 9.17) is 5.73 Å². The van der Waals surface area contributed by atoms with Crippen molar-refractivity contribution in [1.29, 1.82) is 0 Å². The van der Waals surface area contributed by atoms with Gasteiger partial charge in [-0.05, 0) is 48.5 Å². The molecule has 0 fully saturated rings. The highest BCUT2D eigenvalue weighted by atomic mass is 79.9. The first kappa shape index (κ1) is 25.4. The molecule has 6 amide bonds. The van der Waals surface area contributed by atoms with Crippen LogP contribution in [0.3, 0.4) is 0 Å². The Hall–Kier alpha value is -4.26. The number of halogens is 5. The summed E-state index contributed by atoms with van der Waals surface area (Å²) in [6.45, 7) is 0. The largest absolute Gasteiger partial charge is 0.351 e. The number of hydrogen-bond donors (Lipinski definition) is 3. The standard InChI is InChI=1S/C22H13BrF4N4O4/c23-11-8-15(26)18(16(27)9-11)31(21(28)34)20(33)10-4-6-12(7-5-10)29-22(35)30-19(32)17-13(24)2-1-3-14(17)25/h1-9H,(H2,28,34)(H2,29,30,32,35). The molecule has 0 bridgehead atoms. The highest BCUT2D eigenvalue weighted by molar-refractivity contribution is 9.10. The summed E-state index contributed by atoms with van der Waals surface area (Å²) in [6.07, 6.45) is 0. The van der Waals surface area contributed by atoms with E-state index in [0.717, 1.165) is 54.6 Å². The summed E-state index contributed by atoms with van der Waals surface area (Å²) < 4.78 is 55.9. The number of carbonyl (C=O) groups is 4. The van der Waals surface area contributed by atoms with Crippen LogP contribution in [0.1, 0.15) is 20.7 Å². The molecular weight excluding hydrogens is 540 g/mol. The van der Waals surface area contributed by atoms with Crippen LogP contribution in [0.5, 0.6) is 0 Å². The highest BCUT2D eigenvalue weighted by Gasteiger charge is 2.29. The van der Waals surface area contributed by atoms with Crippen LogP contribution in [0.25, 0.3) is 0 Å². The number of hydrogen-bond acceptors (Lipinski definition) is 4. The van der Waals surface area contributed by atoms with Crippen molar-refractivity contribution >= 4 is 51.2 Å². The minimum absolute atomic E-state index is 0.0208. The van der Waals surface area contributed by atoms with E-state index in [0.29, 0.717) is 0 Å². The number of benzene rings is 3. The molecule has 0 aliphatic carbocycles. The van der Waals surface area contributed by atoms with Gasteiger partial charge in [0.2, 0.25) is 0 Å². The minimum Gasteiger partial charge on any atom is -0.351 e. The van der Waals surface area contributed by atoms with Gasteiger partial charge in [0.1, 0.15) is 22.9 Å². The summed E-state index contributed by atoms with van der Waals surface area (Å²) in [5.41, 5.74) is 3.01. The van der Waals surface area contributed by atoms with Crippen LogP contribution in [-0.4, -0.2) is 23.9 Å². The second-order valence-corrected chi connectivity index (χ2v) is 7.69. The first-order valence-corrected chi connectivity index (χ1v) is 10.2. The third-order valence-corrected chi connectivity index (χ3v) is 4.89. The molecule has 0 unspecified atom stereocenters. The molecule has 180 valence electrons. The summed E-state index contributed by atoms with van der Waals surface area (Å²) in [5, 5.41) is 3.94. The normalized spacial score (nSPS) is 10.4. The zero-order chi connectivity index (χ0) is 25.9. The molecule has 4 N–H and O–H groups in total. The quantitative estimate of drug-likeness (QED) is 0.406. The predicted octanol–water partition coefficient (Wildman–Crippen LogP) is 4.69. The Balaban J connectivity index is 1.75. The van der Waals surface area contributed by atoms with E-state index in [1.165, 1.54) is 0 Å². The lowest BCUT2D eigenvalue weighted by Crippen LogP contribution is -2.42. The first-order valence-electron chi connectivity index (χ1n) is 9.44. The van der Waals surface area contributed by atoms with Crippen LogP contribution in [0, 0.1) is 23.3 Å². The number of amides is 6. The Morgan fingerprint density at radius 2 is 1.37 bits per heavy atom. The van der Waals surface area contributed by atoms with Gasteiger partial charge in [0.05, 0.1) is 0 Å². The maximum atomic E-state index is 14.3. The number of primary amides is 1. The Morgan fingerprint density at radius 1 is 0.829 bits per heavy atom. The van der Waals surface area contributed by atoms with Crippen molar-refractivity contribution < 1.29 is 36.7 Å². The van der Waals surface area contributed by atoms with Gasteiger partial charge in [-0.1, -0.05) is 22.0 Å². The van der Waals surface area contributed by atoms with Crippen molar-refractivity contribution in [1.82, 2.24) is 5.32 Å². The lowest BCUT2D eigenvalue weighted by molar-refractivity contribution is 0.0956. The number of imide groups is 2. The van der Waals surface area contributed by atoms with Gasteiger partial charge in [-0.15, -0.1) is 0 Å². The van der Waals surface area contributed by atoms with Gasteiger partial charge in [-0.2, -0.15) is 0 Å². The van der Waals surface area contributed by atoms with E-state index >= 15 is 0 Å². The molecule has 0 aliphatic rings. The van der Waals surface area contributed by atoms with Crippen LogP contribution in [0.4, 0.5) is 38.5 Å². The Bertz CT molecular complexity index is 1310. The van der Waals surface area contributed by atoms with Gasteiger partial charge >= 0.3 is 12.1 Å². The van der Waals surface area contributed by atoms with Crippen LogP contribution in [-0.2, 0) is 0 Å². The van der Waals surface area contributed by atoms with E-state index in [1.54, 1.807) is 5.32 Å². The average molecular weight is 553 g/mol. The van der Waals surface area contributed by atoms with E-state index in [1.807, 2.05) is 0 Å². The van der Waals surface area contributed by atoms with Crippen molar-refractivity contribution in [2.24, 2.45) is 5.73 Å². The minimum atomic E-state index is -1.45. The Labute approximate surface area is 202 Å². The summed E-state index contributed by atoms with van der Waals surface area (Å²) in [4.78, 5) is 48.6. The lowest BCUT2D eigenvalue weighted by Gasteiger charge is -2.20. The van der Waals surface area contributed by atoms with Crippen LogP contribution < -0.4 is 21.3 Å². The van der Waals surface area contributed by atoms with E-state index in [2.05, 4.69) is 21.2 Å². The number of nitrogens with two attached hydrogens (primary N) is 1. The molecule has 35 heavy (non-hydrogen) atoms. The van der Waals surface area contributed by atoms with Gasteiger partial charge in [-0.25, -0.2) is 32.1 Å². The molecule has 0 aromatic heterocycles. The average Bonchev–Trinajstić information content (AvgIpc) is 2.75. The topological polar surface area (TPSA) is 122 Å². The second-order valence-electron chi connectivity index (χ2n) is 6.78. The monoisotopic (exact) mass is 552 g/mol. The van der Waals surface area contributed by atoms with Crippen LogP contribution >= 0.6 is 15.9 Å². The molecular formula is C22H13BrF4N4O4. The molecule has 0 aliphatic heterocycles. The summed E-state index contributed by atoms with van der Waals surface area (Å²) in [7, 11) is 0. The van der Waals surface area contributed by atoms with Crippen LogP contribution in [0.15, 0.2) is 59.1 Å². The zero-order valence-electron chi connectivity index (χ0n) is 17.2. The number of carbonyl (C=O) groups excluding carboxylic acids is 4. The van der Waals surface area contributed by atoms with E-state index in [9.17, 15) is 36.7 Å². The van der Waals surface area contributed by atoms with Crippen molar-refractivity contribution in [3.8, 4) is 0 Å². The predicted molar refractivity (Wildman–Crippen MR) is 120 cm³/mol. The fourth-order valence-electron chi connectivity index (χ4n) is 2.93. The molecule has 0 saturated heterocycles. The fourth-order valence-corrected chi connectivity index (χ4v) is 3.33. The van der Waals surface area contributed by atoms with Crippen molar-refractivity contribution in [3.63, 3.8) is 0 Å². The summed E-state index contributed by atoms with van der Waals surface area (Å²) in [6, 6.07) is 6.32. The lowest BCUT2D eigenvalue weighted by atomic mass is 10.1. The molecule has 3 aromatic rings. The smallest absolute Gasteiger partial charge is 0.326 e. The third kappa shape index (κ3) is 5.63. The van der Waals surface area contributed by atoms with Crippen molar-refractivity contribution in [3.05, 3.63) is 93.5 Å². The van der Waals surface area contributed by atoms with Crippen molar-refractivity contribution in [2.75, 3.05) is 10.2 Å². The molecule has 13 heteroatoms. The zero-order valence-corrected chi connectivity index (χ0v) is 18.8. The van der Waals surface area contributed by atoms with E-state index < -0.39 is 58.4 Å². The first-order chi connectivity index (χ1) is 16.5. The molecule has 8 nitrogen and oxygen atoms in total. The molecule has 0 spiro atoms. The summed E-state index contributed by atoms with van der Waals surface area (Å²) in [5.74, 6) is -7.30. The van der Waals surface area contributed by atoms with E-state index in [-0.39, 0.29) is 20.6 Å². The molecule has 0 radical (unpaired) electrons. The number of nitrogens with one attached hydrogen (secondary N) is 2. The van der Waals surface area contributed by atoms with Gasteiger partial charge in [0.25, 0.3) is 11.8 Å². The Kier molecular flexibility index (Phi) is 7.49. The van der Waals surface area contributed by atoms with Crippen molar-refractivity contribution in [2.45, 2.75) is 0 Å². The molecule has 0 atom stereocenters. The SMILES string of the molecule is NC(=O)N(C(=O)c1ccc(NC(=O)NC(=O)c2c(F)cccc2F)cc1)c1c(F)cc(Br)cc1F. The highest BCUT2D eigenvalue weighted by Crippen LogP contribution is 2.28. The Morgan fingerprint density at radius 3 is 1.89 bits per heavy atom. The summed E-state index contributed by atoms with van der Waals surface area (Å²) >= 11 is 2.88. The third-order valence-electron chi connectivity index (χ3n) is 4.44. The van der Waals surface area contributed by atoms with Crippen LogP contribution in [0.2, 0.25) is 0 Å². The second kappa shape index (κ2) is 10.3. The maximum absolute atomic E-state index is 14.3. The van der Waals surface area contributed by atoms with Gasteiger partial charge < -0.3 is 11.1 Å². The fraction of sp³-hybridized carbons (Fsp3) is 0. The van der Waals surface area contributed by atoms with Gasteiger partial charge in [0.15, 0.2) is 11.6 Å². The maximum Gasteiger partial charge on any atom is 0.326 e. The van der Waals surface area contributed by atoms with Gasteiger partial charge in [0, 0.05) is 15.7 Å². The molecule has 0 heterocycles. The number of urea groups is 2. The molecule has 3 rings (SSSR count).